The molecule has 0 saturated heterocycles. The van der Waals surface area contributed by atoms with Crippen molar-refractivity contribution in [1.29, 1.82) is 5.26 Å². The van der Waals surface area contributed by atoms with Gasteiger partial charge < -0.3 is 4.74 Å². The van der Waals surface area contributed by atoms with Crippen LogP contribution < -0.4 is 4.74 Å². The van der Waals surface area contributed by atoms with Crippen LogP contribution in [0.2, 0.25) is 0 Å². The van der Waals surface area contributed by atoms with Gasteiger partial charge in [0.05, 0.1) is 30.6 Å². The van der Waals surface area contributed by atoms with Crippen molar-refractivity contribution in [2.24, 2.45) is 0 Å². The molecule has 2 aromatic carbocycles. The Balaban J connectivity index is 1.60. The van der Waals surface area contributed by atoms with Gasteiger partial charge in [-0.3, -0.25) is 4.98 Å². The molecule has 0 aliphatic rings. The number of rotatable bonds is 5. The van der Waals surface area contributed by atoms with Crippen molar-refractivity contribution in [2.75, 3.05) is 7.11 Å². The molecule has 30 heavy (non-hydrogen) atoms. The second-order valence-corrected chi connectivity index (χ2v) is 6.73. The highest BCUT2D eigenvalue weighted by Crippen LogP contribution is 2.26. The second-order valence-electron chi connectivity index (χ2n) is 6.73. The molecule has 2 heterocycles. The third kappa shape index (κ3) is 3.96. The number of nitriles is 1. The molecule has 6 nitrogen and oxygen atoms in total. The normalized spacial score (nSPS) is 11.2. The number of methoxy groups -OCH3 is 1. The minimum absolute atomic E-state index is 0.584. The molecule has 0 aliphatic carbocycles. The van der Waals surface area contributed by atoms with Crippen molar-refractivity contribution in [1.82, 2.24) is 20.0 Å². The first-order valence-corrected chi connectivity index (χ1v) is 9.38. The molecule has 2 aromatic heterocycles. The Morgan fingerprint density at radius 1 is 1.07 bits per heavy atom. The topological polar surface area (TPSA) is 76.6 Å². The fourth-order valence-electron chi connectivity index (χ4n) is 3.16. The maximum atomic E-state index is 9.55. The summed E-state index contributed by atoms with van der Waals surface area (Å²) in [6.45, 7) is 2.02. The lowest BCUT2D eigenvalue weighted by atomic mass is 10.0. The Morgan fingerprint density at radius 2 is 1.83 bits per heavy atom. The number of nitrogens with zero attached hydrogens (tertiary/aromatic N) is 5. The molecule has 0 spiro atoms. The first kappa shape index (κ1) is 19.1. The van der Waals surface area contributed by atoms with E-state index in [1.54, 1.807) is 24.2 Å². The van der Waals surface area contributed by atoms with Crippen LogP contribution in [-0.4, -0.2) is 27.1 Å². The molecule has 0 amide bonds. The summed E-state index contributed by atoms with van der Waals surface area (Å²) < 4.78 is 6.99. The maximum Gasteiger partial charge on any atom is 0.119 e. The van der Waals surface area contributed by atoms with E-state index in [1.165, 1.54) is 0 Å². The minimum atomic E-state index is 0.584. The predicted octanol–water partition coefficient (Wildman–Crippen LogP) is 4.71. The summed E-state index contributed by atoms with van der Waals surface area (Å²) in [5.74, 6) is 0.812. The van der Waals surface area contributed by atoms with Gasteiger partial charge in [0, 0.05) is 18.0 Å². The zero-order valence-corrected chi connectivity index (χ0v) is 16.6. The first-order valence-electron chi connectivity index (χ1n) is 9.38. The zero-order chi connectivity index (χ0) is 20.9. The monoisotopic (exact) mass is 393 g/mol. The van der Waals surface area contributed by atoms with Gasteiger partial charge in [0.15, 0.2) is 0 Å². The summed E-state index contributed by atoms with van der Waals surface area (Å²) in [6, 6.07) is 19.5. The number of benzene rings is 2. The van der Waals surface area contributed by atoms with Gasteiger partial charge in [-0.2, -0.15) is 5.26 Å². The van der Waals surface area contributed by atoms with Crippen LogP contribution in [0.5, 0.6) is 5.75 Å². The molecule has 0 N–H and O–H groups in total. The van der Waals surface area contributed by atoms with Crippen LogP contribution in [-0.2, 0) is 0 Å². The molecule has 0 unspecified atom stereocenters. The molecular formula is C24H19N5O. The van der Waals surface area contributed by atoms with E-state index >= 15 is 0 Å². The van der Waals surface area contributed by atoms with Crippen LogP contribution in [0.3, 0.4) is 0 Å². The summed E-state index contributed by atoms with van der Waals surface area (Å²) in [7, 11) is 1.65. The molecule has 0 aliphatic heterocycles. The Bertz CT molecular complexity index is 1230. The SMILES string of the molecule is COc1ccc(-c2cn(-c3ccc(/C(C#N)=C\c4ccncc4)cc3)nn2)c(C)c1. The lowest BCUT2D eigenvalue weighted by Crippen LogP contribution is -1.95. The number of hydrogen-bond acceptors (Lipinski definition) is 5. The average Bonchev–Trinajstić information content (AvgIpc) is 3.28. The van der Waals surface area contributed by atoms with E-state index in [1.807, 2.05) is 73.8 Å². The largest absolute Gasteiger partial charge is 0.497 e. The lowest BCUT2D eigenvalue weighted by molar-refractivity contribution is 0.414. The zero-order valence-electron chi connectivity index (χ0n) is 16.6. The fourth-order valence-corrected chi connectivity index (χ4v) is 3.16. The summed E-state index contributed by atoms with van der Waals surface area (Å²) in [5, 5.41) is 18.1. The molecule has 0 atom stereocenters. The number of pyridine rings is 1. The molecule has 0 fully saturated rings. The number of ether oxygens (including phenoxy) is 1. The quantitative estimate of drug-likeness (QED) is 0.459. The van der Waals surface area contributed by atoms with Crippen LogP contribution in [0.15, 0.2) is 73.2 Å². The van der Waals surface area contributed by atoms with Crippen molar-refractivity contribution >= 4 is 11.6 Å². The van der Waals surface area contributed by atoms with Crippen LogP contribution >= 0.6 is 0 Å². The van der Waals surface area contributed by atoms with Crippen molar-refractivity contribution < 1.29 is 4.74 Å². The van der Waals surface area contributed by atoms with Gasteiger partial charge in [-0.15, -0.1) is 5.10 Å². The minimum Gasteiger partial charge on any atom is -0.497 e. The molecule has 0 saturated carbocycles. The first-order chi connectivity index (χ1) is 14.7. The molecule has 146 valence electrons. The van der Waals surface area contributed by atoms with Gasteiger partial charge in [-0.25, -0.2) is 4.68 Å². The van der Waals surface area contributed by atoms with Crippen LogP contribution in [0.4, 0.5) is 0 Å². The highest BCUT2D eigenvalue weighted by Gasteiger charge is 2.09. The summed E-state index contributed by atoms with van der Waals surface area (Å²) in [6.07, 6.45) is 7.14. The molecule has 4 rings (SSSR count). The predicted molar refractivity (Wildman–Crippen MR) is 116 cm³/mol. The van der Waals surface area contributed by atoms with Crippen molar-refractivity contribution in [2.45, 2.75) is 6.92 Å². The highest BCUT2D eigenvalue weighted by atomic mass is 16.5. The average molecular weight is 393 g/mol. The molecular weight excluding hydrogens is 374 g/mol. The van der Waals surface area contributed by atoms with E-state index in [2.05, 4.69) is 21.4 Å². The standard InChI is InChI=1S/C24H19N5O/c1-17-13-22(30-2)7-8-23(17)24-16-29(28-27-24)21-5-3-19(4-6-21)20(15-25)14-18-9-11-26-12-10-18/h3-14,16H,1-2H3/b20-14-. The smallest absolute Gasteiger partial charge is 0.119 e. The van der Waals surface area contributed by atoms with Crippen LogP contribution in [0.25, 0.3) is 28.6 Å². The Hall–Kier alpha value is -4.24. The van der Waals surface area contributed by atoms with Gasteiger partial charge in [0.1, 0.15) is 11.4 Å². The number of allylic oxidation sites excluding steroid dienone is 1. The summed E-state index contributed by atoms with van der Waals surface area (Å²) in [4.78, 5) is 4.00. The van der Waals surface area contributed by atoms with Crippen molar-refractivity contribution in [3.63, 3.8) is 0 Å². The van der Waals surface area contributed by atoms with E-state index < -0.39 is 0 Å². The maximum absolute atomic E-state index is 9.55. The van der Waals surface area contributed by atoms with Crippen molar-refractivity contribution in [3.8, 4) is 28.8 Å². The molecule has 0 bridgehead atoms. The van der Waals surface area contributed by atoms with E-state index in [0.717, 1.165) is 39.4 Å². The van der Waals surface area contributed by atoms with E-state index in [0.29, 0.717) is 5.57 Å². The third-order valence-electron chi connectivity index (χ3n) is 4.78. The third-order valence-corrected chi connectivity index (χ3v) is 4.78. The lowest BCUT2D eigenvalue weighted by Gasteiger charge is -2.05. The number of hydrogen-bond donors (Lipinski definition) is 0. The Morgan fingerprint density at radius 3 is 2.50 bits per heavy atom. The van der Waals surface area contributed by atoms with E-state index in [9.17, 15) is 5.26 Å². The Labute approximate surface area is 174 Å². The van der Waals surface area contributed by atoms with Gasteiger partial charge in [0.25, 0.3) is 0 Å². The Kier molecular flexibility index (Phi) is 5.35. The van der Waals surface area contributed by atoms with Gasteiger partial charge in [-0.05, 0) is 72.2 Å². The van der Waals surface area contributed by atoms with Crippen LogP contribution in [0.1, 0.15) is 16.7 Å². The highest BCUT2D eigenvalue weighted by molar-refractivity contribution is 5.89. The molecule has 4 aromatic rings. The summed E-state index contributed by atoms with van der Waals surface area (Å²) >= 11 is 0. The number of aromatic nitrogens is 4. The molecule has 0 radical (unpaired) electrons. The van der Waals surface area contributed by atoms with Gasteiger partial charge in [0.2, 0.25) is 0 Å². The van der Waals surface area contributed by atoms with E-state index in [-0.39, 0.29) is 0 Å². The van der Waals surface area contributed by atoms with Crippen LogP contribution in [0, 0.1) is 18.3 Å². The van der Waals surface area contributed by atoms with Gasteiger partial charge >= 0.3 is 0 Å². The second kappa shape index (κ2) is 8.41. The fraction of sp³-hybridized carbons (Fsp3) is 0.0833. The summed E-state index contributed by atoms with van der Waals surface area (Å²) in [5.41, 5.74) is 6.08. The van der Waals surface area contributed by atoms with E-state index in [4.69, 9.17) is 4.74 Å². The molecule has 6 heteroatoms. The van der Waals surface area contributed by atoms with Crippen molar-refractivity contribution in [3.05, 3.63) is 89.9 Å². The number of aryl methyl sites for hydroxylation is 1. The van der Waals surface area contributed by atoms with Gasteiger partial charge in [-0.1, -0.05) is 17.3 Å².